The summed E-state index contributed by atoms with van der Waals surface area (Å²) in [5, 5.41) is 16.9. The van der Waals surface area contributed by atoms with Crippen LogP contribution >= 0.6 is 24.4 Å². The van der Waals surface area contributed by atoms with Gasteiger partial charge < -0.3 is 10.8 Å². The summed E-state index contributed by atoms with van der Waals surface area (Å²) in [6.45, 7) is 0. The fourth-order valence-corrected chi connectivity index (χ4v) is 0.962. The molecule has 0 heterocycles. The molecule has 0 aliphatic carbocycles. The van der Waals surface area contributed by atoms with Crippen LogP contribution < -0.4 is 0 Å². The van der Waals surface area contributed by atoms with Crippen LogP contribution in [0.15, 0.2) is 91.0 Å². The second-order valence-electron chi connectivity index (χ2n) is 3.07. The van der Waals surface area contributed by atoms with E-state index >= 15 is 0 Å². The van der Waals surface area contributed by atoms with Crippen molar-refractivity contribution in [3.63, 3.8) is 0 Å². The van der Waals surface area contributed by atoms with Crippen molar-refractivity contribution in [1.82, 2.24) is 0 Å². The molecule has 22 heavy (non-hydrogen) atoms. The van der Waals surface area contributed by atoms with E-state index in [-0.39, 0.29) is 31.1 Å². The number of thiocarbonyl (C=S) groups is 2. The monoisotopic (exact) mass is 549 g/mol. The Balaban J connectivity index is -0.000000208. The van der Waals surface area contributed by atoms with Crippen LogP contribution in [0.5, 0.6) is 0 Å². The molecule has 3 aromatic carbocycles. The van der Waals surface area contributed by atoms with Crippen molar-refractivity contribution in [2.75, 3.05) is 0 Å². The molecule has 0 radical (unpaired) electrons. The summed E-state index contributed by atoms with van der Waals surface area (Å²) in [4.78, 5) is 0. The van der Waals surface area contributed by atoms with Gasteiger partial charge in [-0.2, -0.15) is 64.9 Å². The van der Waals surface area contributed by atoms with Crippen LogP contribution in [0.1, 0.15) is 0 Å². The Labute approximate surface area is 166 Å². The molecule has 0 unspecified atom stereocenters. The number of hydrogen-bond donors (Lipinski definition) is 0. The van der Waals surface area contributed by atoms with Crippen LogP contribution in [0.3, 0.4) is 0 Å². The minimum Gasteiger partial charge on any atom is -0.753 e. The van der Waals surface area contributed by atoms with E-state index in [1.54, 1.807) is 0 Å². The van der Waals surface area contributed by atoms with Gasteiger partial charge in [0.2, 0.25) is 0 Å². The molecule has 0 bridgehead atoms. The van der Waals surface area contributed by atoms with E-state index in [2.05, 4.69) is 24.4 Å². The van der Waals surface area contributed by atoms with E-state index in [0.717, 1.165) is 0 Å². The van der Waals surface area contributed by atoms with E-state index in [1.165, 1.54) is 10.3 Å². The number of nitrogens with zero attached hydrogens (tertiary/aromatic N) is 2. The second-order valence-corrected chi connectivity index (χ2v) is 3.43. The first-order valence-corrected chi connectivity index (χ1v) is 6.67. The van der Waals surface area contributed by atoms with E-state index in [0.29, 0.717) is 0 Å². The van der Waals surface area contributed by atoms with E-state index in [1.807, 2.05) is 91.0 Å². The molecular formula is C17H15N2S2U-5. The number of rotatable bonds is 0. The SMILES string of the molecule is [N-]=C=S.[N-]=C=S.[U].c1cc[cH-]c1.c1cc[cH-]c1.c1cc[cH-]c1. The van der Waals surface area contributed by atoms with Crippen LogP contribution in [-0.4, -0.2) is 10.3 Å². The maximum Gasteiger partial charge on any atom is 0 e. The van der Waals surface area contributed by atoms with Crippen molar-refractivity contribution in [2.45, 2.75) is 0 Å². The largest absolute Gasteiger partial charge is 0.753 e. The van der Waals surface area contributed by atoms with Gasteiger partial charge in [-0.05, 0) is 0 Å². The number of isothiocyanates is 2. The Morgan fingerprint density at radius 2 is 0.682 bits per heavy atom. The quantitative estimate of drug-likeness (QED) is 0.210. The van der Waals surface area contributed by atoms with Crippen LogP contribution in [0.25, 0.3) is 10.8 Å². The predicted molar refractivity (Wildman–Crippen MR) is 98.0 cm³/mol. The molecule has 0 N–H and O–H groups in total. The smallest absolute Gasteiger partial charge is 0 e. The average molecular weight is 549 g/mol. The van der Waals surface area contributed by atoms with Gasteiger partial charge >= 0.3 is 0 Å². The molecule has 0 spiro atoms. The van der Waals surface area contributed by atoms with Crippen LogP contribution in [-0.2, 0) is 0 Å². The average Bonchev–Trinajstić information content (AvgIpc) is 3.26. The van der Waals surface area contributed by atoms with Gasteiger partial charge in [0.05, 0.1) is 0 Å². The summed E-state index contributed by atoms with van der Waals surface area (Å²) in [5.41, 5.74) is 0. The van der Waals surface area contributed by atoms with Gasteiger partial charge in [0, 0.05) is 31.1 Å². The zero-order valence-corrected chi connectivity index (χ0v) is 17.7. The standard InChI is InChI=1S/3C5H5.2CNS.U/c3*1-2-4-5-3-1;2*2-1-3;/h3*1-5H;;;/q5*-1;. The third-order valence-corrected chi connectivity index (χ3v) is 1.67. The summed E-state index contributed by atoms with van der Waals surface area (Å²) >= 11 is 7.40. The van der Waals surface area contributed by atoms with Gasteiger partial charge in [-0.3, -0.25) is 0 Å². The fraction of sp³-hybridized carbons (Fsp3) is 0. The van der Waals surface area contributed by atoms with Crippen molar-refractivity contribution >= 4 is 34.8 Å². The van der Waals surface area contributed by atoms with Crippen LogP contribution in [0.2, 0.25) is 0 Å². The molecule has 3 aromatic rings. The minimum absolute atomic E-state index is 0. The Morgan fingerprint density at radius 3 is 0.727 bits per heavy atom. The first kappa shape index (κ1) is 25.6. The molecule has 114 valence electrons. The molecule has 0 saturated heterocycles. The summed E-state index contributed by atoms with van der Waals surface area (Å²) in [6.07, 6.45) is 0. The van der Waals surface area contributed by atoms with Crippen LogP contribution in [0.4, 0.5) is 0 Å². The minimum atomic E-state index is 0. The molecule has 0 aromatic heterocycles. The zero-order valence-electron chi connectivity index (χ0n) is 11.9. The van der Waals surface area contributed by atoms with Gasteiger partial charge in [-0.25, -0.2) is 36.4 Å². The van der Waals surface area contributed by atoms with Gasteiger partial charge in [0.1, 0.15) is 0 Å². The Kier molecular flexibility index (Phi) is 32.6. The summed E-state index contributed by atoms with van der Waals surface area (Å²) < 4.78 is 0. The maximum absolute atomic E-state index is 7.13. The van der Waals surface area contributed by atoms with E-state index < -0.39 is 0 Å². The molecule has 3 rings (SSSR count). The fourth-order valence-electron chi connectivity index (χ4n) is 0.962. The molecule has 5 heteroatoms. The number of hydrogen-bond acceptors (Lipinski definition) is 2. The maximum atomic E-state index is 7.13. The van der Waals surface area contributed by atoms with Gasteiger partial charge in [-0.15, -0.1) is 0 Å². The van der Waals surface area contributed by atoms with E-state index in [9.17, 15) is 0 Å². The molecular weight excluding hydrogens is 534 g/mol. The van der Waals surface area contributed by atoms with Crippen molar-refractivity contribution in [1.29, 1.82) is 0 Å². The van der Waals surface area contributed by atoms with Gasteiger partial charge in [0.15, 0.2) is 0 Å². The summed E-state index contributed by atoms with van der Waals surface area (Å²) in [5.74, 6) is 0. The van der Waals surface area contributed by atoms with Gasteiger partial charge in [-0.1, -0.05) is 24.4 Å². The second kappa shape index (κ2) is 27.9. The molecule has 0 fully saturated rings. The first-order valence-electron chi connectivity index (χ1n) is 5.86. The molecule has 2 nitrogen and oxygen atoms in total. The Morgan fingerprint density at radius 1 is 0.545 bits per heavy atom. The zero-order chi connectivity index (χ0) is 16.0. The molecule has 0 atom stereocenters. The predicted octanol–water partition coefficient (Wildman–Crippen LogP) is 5.53. The van der Waals surface area contributed by atoms with E-state index in [4.69, 9.17) is 10.8 Å². The summed E-state index contributed by atoms with van der Waals surface area (Å²) in [6, 6.07) is 30.0. The third kappa shape index (κ3) is 31.2. The molecule has 0 saturated carbocycles. The first-order chi connectivity index (χ1) is 10.3. The summed E-state index contributed by atoms with van der Waals surface area (Å²) in [7, 11) is 0. The Bertz CT molecular complexity index is 391. The molecule has 0 amide bonds. The third-order valence-electron chi connectivity index (χ3n) is 1.67. The van der Waals surface area contributed by atoms with Crippen molar-refractivity contribution in [3.8, 4) is 0 Å². The van der Waals surface area contributed by atoms with Crippen molar-refractivity contribution < 1.29 is 31.1 Å². The molecule has 0 aliphatic rings. The topological polar surface area (TPSA) is 44.6 Å². The Hall–Kier alpha value is -1.30. The van der Waals surface area contributed by atoms with Crippen molar-refractivity contribution in [2.24, 2.45) is 0 Å². The molecule has 0 aliphatic heterocycles. The van der Waals surface area contributed by atoms with Crippen LogP contribution in [0, 0.1) is 31.1 Å². The van der Waals surface area contributed by atoms with Gasteiger partial charge in [0.25, 0.3) is 0 Å². The normalized spacial score (nSPS) is 6.18. The van der Waals surface area contributed by atoms with Crippen molar-refractivity contribution in [3.05, 3.63) is 102 Å².